The Morgan fingerprint density at radius 1 is 0.970 bits per heavy atom. The highest BCUT2D eigenvalue weighted by molar-refractivity contribution is 5.86. The van der Waals surface area contributed by atoms with Crippen molar-refractivity contribution >= 4 is 22.8 Å². The van der Waals surface area contributed by atoms with Gasteiger partial charge < -0.3 is 14.5 Å². The van der Waals surface area contributed by atoms with Crippen molar-refractivity contribution < 1.29 is 19.1 Å². The summed E-state index contributed by atoms with van der Waals surface area (Å²) in [7, 11) is 0. The molecular formula is C27H30N2O4. The van der Waals surface area contributed by atoms with E-state index in [1.165, 1.54) is 10.9 Å². The van der Waals surface area contributed by atoms with Gasteiger partial charge in [-0.05, 0) is 37.5 Å². The van der Waals surface area contributed by atoms with Crippen LogP contribution in [0.25, 0.3) is 10.9 Å². The molecule has 33 heavy (non-hydrogen) atoms. The van der Waals surface area contributed by atoms with E-state index in [9.17, 15) is 9.59 Å². The Labute approximate surface area is 193 Å². The van der Waals surface area contributed by atoms with E-state index in [4.69, 9.17) is 9.47 Å². The molecule has 2 aliphatic heterocycles. The maximum atomic E-state index is 13.6. The van der Waals surface area contributed by atoms with Gasteiger partial charge >= 0.3 is 11.9 Å². The molecule has 1 aromatic heterocycles. The third-order valence-electron chi connectivity index (χ3n) is 7.11. The van der Waals surface area contributed by atoms with Gasteiger partial charge in [0.1, 0.15) is 0 Å². The number of para-hydroxylation sites is 1. The number of ether oxygens (including phenoxy) is 2. The first-order chi connectivity index (χ1) is 16.1. The summed E-state index contributed by atoms with van der Waals surface area (Å²) in [5, 5.41) is 1.21. The van der Waals surface area contributed by atoms with Crippen LogP contribution >= 0.6 is 0 Å². The molecule has 5 rings (SSSR count). The summed E-state index contributed by atoms with van der Waals surface area (Å²) in [5.74, 6) is -1.81. The van der Waals surface area contributed by atoms with Gasteiger partial charge in [-0.1, -0.05) is 48.5 Å². The van der Waals surface area contributed by atoms with Gasteiger partial charge in [0.2, 0.25) is 0 Å². The van der Waals surface area contributed by atoms with E-state index >= 15 is 0 Å². The molecule has 0 spiro atoms. The van der Waals surface area contributed by atoms with Gasteiger partial charge in [-0.15, -0.1) is 0 Å². The number of fused-ring (bicyclic) bond motifs is 5. The summed E-state index contributed by atoms with van der Waals surface area (Å²) in [6.07, 6.45) is 0.872. The van der Waals surface area contributed by atoms with Crippen LogP contribution in [0.4, 0.5) is 0 Å². The molecule has 0 bridgehead atoms. The number of piperidine rings is 1. The SMILES string of the molecule is CCOC(=O)[C@@H]1[C@H](c2ccccc2)[C@H](C(=O)OCC)CN2CCc3c([nH]c4ccccc34)[C@@H]12. The van der Waals surface area contributed by atoms with Crippen LogP contribution in [0.15, 0.2) is 54.6 Å². The van der Waals surface area contributed by atoms with Crippen molar-refractivity contribution in [2.45, 2.75) is 32.2 Å². The molecule has 2 aromatic carbocycles. The van der Waals surface area contributed by atoms with Crippen molar-refractivity contribution in [2.75, 3.05) is 26.3 Å². The third-order valence-corrected chi connectivity index (χ3v) is 7.11. The van der Waals surface area contributed by atoms with Gasteiger partial charge in [-0.3, -0.25) is 14.5 Å². The lowest BCUT2D eigenvalue weighted by molar-refractivity contribution is -0.162. The van der Waals surface area contributed by atoms with E-state index in [1.54, 1.807) is 0 Å². The van der Waals surface area contributed by atoms with Gasteiger partial charge in [0.15, 0.2) is 0 Å². The van der Waals surface area contributed by atoms with Crippen LogP contribution < -0.4 is 0 Å². The molecule has 2 aliphatic rings. The normalized spacial score (nSPS) is 24.7. The zero-order valence-corrected chi connectivity index (χ0v) is 19.1. The number of benzene rings is 2. The monoisotopic (exact) mass is 446 g/mol. The number of rotatable bonds is 5. The highest BCUT2D eigenvalue weighted by atomic mass is 16.5. The standard InChI is InChI=1S/C27H30N2O4/c1-3-32-26(30)20-16-29-15-14-19-18-12-8-9-13-21(18)28-24(19)25(29)23(27(31)33-4-2)22(20)17-10-6-5-7-11-17/h5-13,20,22-23,25,28H,3-4,14-16H2,1-2H3/t20-,22-,23-,25-/m1/s1. The minimum Gasteiger partial charge on any atom is -0.466 e. The quantitative estimate of drug-likeness (QED) is 0.594. The number of nitrogens with zero attached hydrogens (tertiary/aromatic N) is 1. The number of carbonyl (C=O) groups is 2. The first kappa shape index (κ1) is 21.7. The topological polar surface area (TPSA) is 71.6 Å². The first-order valence-electron chi connectivity index (χ1n) is 11.9. The summed E-state index contributed by atoms with van der Waals surface area (Å²) in [6, 6.07) is 18.0. The zero-order valence-electron chi connectivity index (χ0n) is 19.1. The second kappa shape index (κ2) is 9.02. The average Bonchev–Trinajstić information content (AvgIpc) is 3.22. The molecule has 3 aromatic rings. The van der Waals surface area contributed by atoms with E-state index in [0.717, 1.165) is 29.7 Å². The smallest absolute Gasteiger partial charge is 0.311 e. The number of hydrogen-bond acceptors (Lipinski definition) is 5. The maximum absolute atomic E-state index is 13.6. The highest BCUT2D eigenvalue weighted by Gasteiger charge is 2.53. The van der Waals surface area contributed by atoms with E-state index in [2.05, 4.69) is 28.1 Å². The Balaban J connectivity index is 1.68. The predicted octanol–water partition coefficient (Wildman–Crippen LogP) is 4.22. The second-order valence-corrected chi connectivity index (χ2v) is 8.83. The Hall–Kier alpha value is -3.12. The number of nitrogens with one attached hydrogen (secondary N) is 1. The number of carbonyl (C=O) groups excluding carboxylic acids is 2. The van der Waals surface area contributed by atoms with Crippen LogP contribution in [0.2, 0.25) is 0 Å². The molecule has 0 saturated carbocycles. The van der Waals surface area contributed by atoms with Crippen molar-refractivity contribution in [3.8, 4) is 0 Å². The van der Waals surface area contributed by atoms with E-state index in [-0.39, 0.29) is 23.9 Å². The highest BCUT2D eigenvalue weighted by Crippen LogP contribution is 2.51. The van der Waals surface area contributed by atoms with Crippen LogP contribution in [0.3, 0.4) is 0 Å². The number of aromatic nitrogens is 1. The second-order valence-electron chi connectivity index (χ2n) is 8.83. The van der Waals surface area contributed by atoms with Gasteiger partial charge in [0.05, 0.1) is 31.1 Å². The summed E-state index contributed by atoms with van der Waals surface area (Å²) in [6.45, 7) is 5.60. The van der Waals surface area contributed by atoms with Crippen LogP contribution in [-0.4, -0.2) is 48.1 Å². The van der Waals surface area contributed by atoms with Crippen LogP contribution in [0, 0.1) is 11.8 Å². The summed E-state index contributed by atoms with van der Waals surface area (Å²) >= 11 is 0. The molecule has 1 fully saturated rings. The fourth-order valence-corrected chi connectivity index (χ4v) is 5.84. The molecule has 1 N–H and O–H groups in total. The van der Waals surface area contributed by atoms with Gasteiger partial charge in [0.25, 0.3) is 0 Å². The predicted molar refractivity (Wildman–Crippen MR) is 126 cm³/mol. The van der Waals surface area contributed by atoms with Crippen molar-refractivity contribution in [1.82, 2.24) is 9.88 Å². The number of esters is 2. The molecule has 6 heteroatoms. The molecule has 6 nitrogen and oxygen atoms in total. The Morgan fingerprint density at radius 3 is 2.42 bits per heavy atom. The average molecular weight is 447 g/mol. The minimum atomic E-state index is -0.525. The zero-order chi connectivity index (χ0) is 22.9. The van der Waals surface area contributed by atoms with E-state index in [1.807, 2.05) is 50.2 Å². The lowest BCUT2D eigenvalue weighted by Gasteiger charge is -2.49. The van der Waals surface area contributed by atoms with E-state index in [0.29, 0.717) is 19.8 Å². The molecule has 0 radical (unpaired) electrons. The first-order valence-corrected chi connectivity index (χ1v) is 11.9. The summed E-state index contributed by atoms with van der Waals surface area (Å²) < 4.78 is 11.1. The lowest BCUT2D eigenvalue weighted by Crippen LogP contribution is -2.54. The lowest BCUT2D eigenvalue weighted by atomic mass is 9.67. The van der Waals surface area contributed by atoms with Crippen molar-refractivity contribution in [2.24, 2.45) is 11.8 Å². The molecular weight excluding hydrogens is 416 g/mol. The Bertz CT molecular complexity index is 1160. The molecule has 4 atom stereocenters. The molecule has 172 valence electrons. The molecule has 1 saturated heterocycles. The molecule has 0 amide bonds. The maximum Gasteiger partial charge on any atom is 0.311 e. The fraction of sp³-hybridized carbons (Fsp3) is 0.407. The molecule has 0 unspecified atom stereocenters. The Kier molecular flexibility index (Phi) is 5.94. The van der Waals surface area contributed by atoms with Gasteiger partial charge in [-0.25, -0.2) is 0 Å². The van der Waals surface area contributed by atoms with Gasteiger partial charge in [-0.2, -0.15) is 0 Å². The number of H-pyrrole nitrogens is 1. The third kappa shape index (κ3) is 3.72. The van der Waals surface area contributed by atoms with Crippen LogP contribution in [0.5, 0.6) is 0 Å². The van der Waals surface area contributed by atoms with Crippen molar-refractivity contribution in [1.29, 1.82) is 0 Å². The Morgan fingerprint density at radius 2 is 1.67 bits per heavy atom. The summed E-state index contributed by atoms with van der Waals surface area (Å²) in [5.41, 5.74) is 4.39. The van der Waals surface area contributed by atoms with Crippen molar-refractivity contribution in [3.05, 3.63) is 71.4 Å². The number of hydrogen-bond donors (Lipinski definition) is 1. The van der Waals surface area contributed by atoms with Crippen LogP contribution in [0.1, 0.15) is 42.6 Å². The fourth-order valence-electron chi connectivity index (χ4n) is 5.84. The minimum absolute atomic E-state index is 0.184. The molecule has 0 aliphatic carbocycles. The number of aromatic amines is 1. The van der Waals surface area contributed by atoms with E-state index < -0.39 is 11.8 Å². The molecule has 3 heterocycles. The van der Waals surface area contributed by atoms with Crippen molar-refractivity contribution in [3.63, 3.8) is 0 Å². The van der Waals surface area contributed by atoms with Crippen LogP contribution in [-0.2, 0) is 25.5 Å². The van der Waals surface area contributed by atoms with Gasteiger partial charge in [0, 0.05) is 35.6 Å². The summed E-state index contributed by atoms with van der Waals surface area (Å²) in [4.78, 5) is 32.6. The largest absolute Gasteiger partial charge is 0.466 e.